The van der Waals surface area contributed by atoms with Crippen molar-refractivity contribution in [3.8, 4) is 0 Å². The molecule has 0 saturated heterocycles. The highest BCUT2D eigenvalue weighted by Crippen LogP contribution is 2.23. The summed E-state index contributed by atoms with van der Waals surface area (Å²) in [5.41, 5.74) is -0.869. The molecule has 104 valence electrons. The van der Waals surface area contributed by atoms with Gasteiger partial charge >= 0.3 is 0 Å². The lowest BCUT2D eigenvalue weighted by molar-refractivity contribution is -0.385. The van der Waals surface area contributed by atoms with Crippen LogP contribution in [0, 0.1) is 10.1 Å². The van der Waals surface area contributed by atoms with E-state index in [1.165, 1.54) is 18.2 Å². The van der Waals surface area contributed by atoms with Crippen molar-refractivity contribution in [3.63, 3.8) is 0 Å². The van der Waals surface area contributed by atoms with Gasteiger partial charge in [0.25, 0.3) is 11.6 Å². The van der Waals surface area contributed by atoms with Gasteiger partial charge in [-0.3, -0.25) is 14.9 Å². The Morgan fingerprint density at radius 1 is 1.47 bits per heavy atom. The van der Waals surface area contributed by atoms with Gasteiger partial charge in [-0.2, -0.15) is 0 Å². The van der Waals surface area contributed by atoms with Crippen LogP contribution in [0.25, 0.3) is 0 Å². The molecule has 0 aliphatic carbocycles. The van der Waals surface area contributed by atoms with Gasteiger partial charge in [-0.15, -0.1) is 0 Å². The summed E-state index contributed by atoms with van der Waals surface area (Å²) >= 11 is 12.4. The quantitative estimate of drug-likeness (QED) is 0.455. The Hall–Kier alpha value is -0.660. The highest BCUT2D eigenvalue weighted by molar-refractivity contribution is 9.09. The van der Waals surface area contributed by atoms with Crippen molar-refractivity contribution in [2.45, 2.75) is 12.5 Å². The third-order valence-corrected chi connectivity index (χ3v) is 5.12. The zero-order valence-corrected chi connectivity index (χ0v) is 13.9. The molecule has 0 aromatic heterocycles. The maximum absolute atomic E-state index is 12.1. The molecule has 0 bridgehead atoms. The van der Waals surface area contributed by atoms with Crippen LogP contribution >= 0.6 is 43.5 Å². The van der Waals surface area contributed by atoms with Gasteiger partial charge in [0.15, 0.2) is 0 Å². The van der Waals surface area contributed by atoms with Crippen LogP contribution in [0.1, 0.15) is 17.3 Å². The van der Waals surface area contributed by atoms with E-state index in [0.29, 0.717) is 10.7 Å². The van der Waals surface area contributed by atoms with Gasteiger partial charge in [-0.05, 0) is 19.1 Å². The number of rotatable bonds is 5. The summed E-state index contributed by atoms with van der Waals surface area (Å²) in [6, 6.07) is 3.89. The minimum atomic E-state index is -0.606. The van der Waals surface area contributed by atoms with Gasteiger partial charge in [0.05, 0.1) is 10.5 Å². The number of carbonyl (C=O) groups excluding carboxylic acids is 1. The summed E-state index contributed by atoms with van der Waals surface area (Å²) in [6.45, 7) is 1.81. The molecule has 1 aromatic rings. The first-order chi connectivity index (χ1) is 8.83. The van der Waals surface area contributed by atoms with Crippen molar-refractivity contribution in [3.05, 3.63) is 38.9 Å². The van der Waals surface area contributed by atoms with E-state index in [-0.39, 0.29) is 16.3 Å². The molecule has 0 atom stereocenters. The average molecular weight is 414 g/mol. The highest BCUT2D eigenvalue weighted by Gasteiger charge is 2.28. The molecular formula is C11H11Br2ClN2O3. The number of hydrogen-bond donors (Lipinski definition) is 1. The molecule has 0 aliphatic heterocycles. The monoisotopic (exact) mass is 412 g/mol. The second-order valence-electron chi connectivity index (χ2n) is 4.20. The van der Waals surface area contributed by atoms with Gasteiger partial charge in [-0.1, -0.05) is 43.5 Å². The average Bonchev–Trinajstić information content (AvgIpc) is 2.38. The topological polar surface area (TPSA) is 72.2 Å². The van der Waals surface area contributed by atoms with E-state index in [2.05, 4.69) is 37.2 Å². The summed E-state index contributed by atoms with van der Waals surface area (Å²) in [5.74, 6) is -0.532. The van der Waals surface area contributed by atoms with Gasteiger partial charge in [0.1, 0.15) is 5.56 Å². The van der Waals surface area contributed by atoms with Gasteiger partial charge in [0.2, 0.25) is 0 Å². The summed E-state index contributed by atoms with van der Waals surface area (Å²) < 4.78 is 0. The molecule has 0 radical (unpaired) electrons. The molecule has 8 heteroatoms. The molecule has 0 aliphatic rings. The lowest BCUT2D eigenvalue weighted by Crippen LogP contribution is -2.49. The van der Waals surface area contributed by atoms with E-state index >= 15 is 0 Å². The summed E-state index contributed by atoms with van der Waals surface area (Å²) in [4.78, 5) is 22.4. The fourth-order valence-corrected chi connectivity index (χ4v) is 2.67. The lowest BCUT2D eigenvalue weighted by atomic mass is 10.1. The van der Waals surface area contributed by atoms with E-state index in [0.717, 1.165) is 0 Å². The molecule has 0 spiro atoms. The zero-order chi connectivity index (χ0) is 14.6. The van der Waals surface area contributed by atoms with E-state index in [1.807, 2.05) is 6.92 Å². The van der Waals surface area contributed by atoms with Crippen LogP contribution in [0.3, 0.4) is 0 Å². The van der Waals surface area contributed by atoms with Crippen LogP contribution in [0.4, 0.5) is 5.69 Å². The molecule has 1 aromatic carbocycles. The van der Waals surface area contributed by atoms with E-state index in [9.17, 15) is 14.9 Å². The number of alkyl halides is 2. The number of benzene rings is 1. The fourth-order valence-electron chi connectivity index (χ4n) is 1.29. The van der Waals surface area contributed by atoms with E-state index in [1.54, 1.807) is 0 Å². The zero-order valence-electron chi connectivity index (χ0n) is 9.95. The maximum Gasteiger partial charge on any atom is 0.282 e. The Morgan fingerprint density at radius 2 is 2.05 bits per heavy atom. The van der Waals surface area contributed by atoms with Crippen LogP contribution < -0.4 is 5.32 Å². The summed E-state index contributed by atoms with van der Waals surface area (Å²) in [5, 5.41) is 14.9. The maximum atomic E-state index is 12.1. The predicted molar refractivity (Wildman–Crippen MR) is 81.6 cm³/mol. The molecule has 0 unspecified atom stereocenters. The summed E-state index contributed by atoms with van der Waals surface area (Å²) in [6.07, 6.45) is 0. The van der Waals surface area contributed by atoms with Gasteiger partial charge in [-0.25, -0.2) is 0 Å². The molecule has 1 rings (SSSR count). The first-order valence-corrected chi connectivity index (χ1v) is 7.83. The molecule has 0 saturated carbocycles. The van der Waals surface area contributed by atoms with Crippen LogP contribution in [0.5, 0.6) is 0 Å². The molecule has 1 N–H and O–H groups in total. The first-order valence-electron chi connectivity index (χ1n) is 5.21. The number of halogens is 3. The van der Waals surface area contributed by atoms with Crippen molar-refractivity contribution >= 4 is 55.1 Å². The van der Waals surface area contributed by atoms with Crippen molar-refractivity contribution in [1.29, 1.82) is 0 Å². The number of carbonyl (C=O) groups is 1. The minimum absolute atomic E-state index is 0.0503. The Kier molecular flexibility index (Phi) is 5.76. The van der Waals surface area contributed by atoms with E-state index < -0.39 is 16.4 Å². The van der Waals surface area contributed by atoms with Crippen LogP contribution in [-0.4, -0.2) is 27.0 Å². The number of amides is 1. The first kappa shape index (κ1) is 16.4. The largest absolute Gasteiger partial charge is 0.345 e. The summed E-state index contributed by atoms with van der Waals surface area (Å²) in [7, 11) is 0. The number of nitro benzene ring substituents is 1. The number of nitro groups is 1. The molecular weight excluding hydrogens is 403 g/mol. The SMILES string of the molecule is CC(CBr)(CBr)NC(=O)c1cc(Cl)ccc1[N+](=O)[O-]. The minimum Gasteiger partial charge on any atom is -0.345 e. The molecule has 1 amide bonds. The molecule has 0 fully saturated rings. The van der Waals surface area contributed by atoms with Crippen molar-refractivity contribution in [2.75, 3.05) is 10.7 Å². The van der Waals surface area contributed by atoms with Crippen LogP contribution in [0.15, 0.2) is 18.2 Å². The normalized spacial score (nSPS) is 11.2. The Bertz CT molecular complexity index is 507. The number of nitrogens with zero attached hydrogens (tertiary/aromatic N) is 1. The Morgan fingerprint density at radius 3 is 2.53 bits per heavy atom. The molecule has 19 heavy (non-hydrogen) atoms. The second-order valence-corrected chi connectivity index (χ2v) is 5.76. The molecule has 0 heterocycles. The van der Waals surface area contributed by atoms with Crippen molar-refractivity contribution < 1.29 is 9.72 Å². The number of nitrogens with one attached hydrogen (secondary N) is 1. The van der Waals surface area contributed by atoms with Crippen LogP contribution in [0.2, 0.25) is 5.02 Å². The Labute approximate surface area is 132 Å². The van der Waals surface area contributed by atoms with Crippen LogP contribution in [-0.2, 0) is 0 Å². The third kappa shape index (κ3) is 4.15. The highest BCUT2D eigenvalue weighted by atomic mass is 79.9. The standard InChI is InChI=1S/C11H11Br2ClN2O3/c1-11(5-12,6-13)15-10(17)8-4-7(14)2-3-9(8)16(18)19/h2-4H,5-6H2,1H3,(H,15,17). The third-order valence-electron chi connectivity index (χ3n) is 2.41. The van der Waals surface area contributed by atoms with E-state index in [4.69, 9.17) is 11.6 Å². The van der Waals surface area contributed by atoms with Crippen molar-refractivity contribution in [1.82, 2.24) is 5.32 Å². The predicted octanol–water partition coefficient (Wildman–Crippen LogP) is 3.53. The second kappa shape index (κ2) is 6.67. The van der Waals surface area contributed by atoms with Crippen molar-refractivity contribution in [2.24, 2.45) is 0 Å². The molecule has 5 nitrogen and oxygen atoms in total. The van der Waals surface area contributed by atoms with Gasteiger partial charge in [0, 0.05) is 21.7 Å². The number of hydrogen-bond acceptors (Lipinski definition) is 3. The fraction of sp³-hybridized carbons (Fsp3) is 0.364. The smallest absolute Gasteiger partial charge is 0.282 e. The lowest BCUT2D eigenvalue weighted by Gasteiger charge is -2.26. The Balaban J connectivity index is 3.12. The van der Waals surface area contributed by atoms with Gasteiger partial charge < -0.3 is 5.32 Å².